The molecule has 0 spiro atoms. The van der Waals surface area contributed by atoms with Crippen molar-refractivity contribution in [3.8, 4) is 28.3 Å². The zero-order valence-electron chi connectivity index (χ0n) is 19.4. The zero-order chi connectivity index (χ0) is 24.0. The van der Waals surface area contributed by atoms with Crippen molar-refractivity contribution in [1.82, 2.24) is 24.7 Å². The SMILES string of the molecule is Cn1ncc(-c2ccc(-c3ccc(C4(C(=O)O)CC4)cc3)cn2)c1Cc1cncc(OC2CC2)n1. The number of nitrogens with zero attached hydrogens (tertiary/aromatic N) is 5. The summed E-state index contributed by atoms with van der Waals surface area (Å²) in [6.45, 7) is 0. The maximum Gasteiger partial charge on any atom is 0.314 e. The molecular formula is C27H25N5O3. The van der Waals surface area contributed by atoms with Crippen LogP contribution in [-0.4, -0.2) is 41.9 Å². The van der Waals surface area contributed by atoms with E-state index in [1.165, 1.54) is 0 Å². The lowest BCUT2D eigenvalue weighted by Gasteiger charge is -2.11. The summed E-state index contributed by atoms with van der Waals surface area (Å²) in [6, 6.07) is 11.8. The van der Waals surface area contributed by atoms with E-state index >= 15 is 0 Å². The number of rotatable bonds is 8. The highest BCUT2D eigenvalue weighted by atomic mass is 16.5. The molecule has 1 aromatic carbocycles. The molecule has 2 saturated carbocycles. The van der Waals surface area contributed by atoms with Crippen LogP contribution in [0.4, 0.5) is 0 Å². The summed E-state index contributed by atoms with van der Waals surface area (Å²) in [5.74, 6) is -0.171. The molecule has 0 bridgehead atoms. The molecule has 8 heteroatoms. The molecule has 0 saturated heterocycles. The molecule has 4 aromatic rings. The summed E-state index contributed by atoms with van der Waals surface area (Å²) < 4.78 is 7.63. The van der Waals surface area contributed by atoms with Crippen LogP contribution in [-0.2, 0) is 23.7 Å². The largest absolute Gasteiger partial charge is 0.481 e. The van der Waals surface area contributed by atoms with Gasteiger partial charge in [0.05, 0.1) is 34.9 Å². The van der Waals surface area contributed by atoms with E-state index in [0.29, 0.717) is 25.1 Å². The van der Waals surface area contributed by atoms with Crippen LogP contribution in [0.25, 0.3) is 22.4 Å². The third-order valence-electron chi connectivity index (χ3n) is 6.85. The van der Waals surface area contributed by atoms with Crippen LogP contribution >= 0.6 is 0 Å². The number of benzene rings is 1. The average Bonchev–Trinajstić information content (AvgIpc) is 3.80. The Labute approximate surface area is 202 Å². The van der Waals surface area contributed by atoms with E-state index in [-0.39, 0.29) is 6.10 Å². The molecule has 2 fully saturated rings. The minimum Gasteiger partial charge on any atom is -0.481 e. The molecule has 35 heavy (non-hydrogen) atoms. The van der Waals surface area contributed by atoms with Crippen molar-refractivity contribution in [3.05, 3.63) is 78.1 Å². The predicted octanol–water partition coefficient (Wildman–Crippen LogP) is 4.19. The topological polar surface area (TPSA) is 103 Å². The number of hydrogen-bond acceptors (Lipinski definition) is 6. The van der Waals surface area contributed by atoms with Crippen LogP contribution in [0.15, 0.2) is 61.2 Å². The Morgan fingerprint density at radius 2 is 1.83 bits per heavy atom. The summed E-state index contributed by atoms with van der Waals surface area (Å²) >= 11 is 0. The Balaban J connectivity index is 1.22. The van der Waals surface area contributed by atoms with Gasteiger partial charge in [0.25, 0.3) is 0 Å². The standard InChI is InChI=1S/C27H25N5O3/c1-32-24(12-20-14-28-16-25(31-20)35-21-7-8-21)22(15-30-32)23-9-4-18(13-29-23)17-2-5-19(6-3-17)27(10-11-27)26(33)34/h2-6,9,13-16,21H,7-8,10-12H2,1H3,(H,33,34). The van der Waals surface area contributed by atoms with Crippen LogP contribution in [0.1, 0.15) is 42.6 Å². The van der Waals surface area contributed by atoms with Crippen LogP contribution in [0, 0.1) is 0 Å². The van der Waals surface area contributed by atoms with Gasteiger partial charge in [0.15, 0.2) is 0 Å². The Kier molecular flexibility index (Phi) is 5.09. The van der Waals surface area contributed by atoms with E-state index in [2.05, 4.69) is 15.1 Å². The first-order valence-corrected chi connectivity index (χ1v) is 11.8. The molecule has 2 aliphatic carbocycles. The second-order valence-electron chi connectivity index (χ2n) is 9.37. The van der Waals surface area contributed by atoms with Gasteiger partial charge in [-0.1, -0.05) is 30.3 Å². The van der Waals surface area contributed by atoms with Gasteiger partial charge in [0.1, 0.15) is 6.10 Å². The van der Waals surface area contributed by atoms with Crippen molar-refractivity contribution in [1.29, 1.82) is 0 Å². The lowest BCUT2D eigenvalue weighted by atomic mass is 9.94. The fourth-order valence-corrected chi connectivity index (χ4v) is 4.40. The van der Waals surface area contributed by atoms with E-state index in [0.717, 1.165) is 52.2 Å². The van der Waals surface area contributed by atoms with Crippen molar-refractivity contribution in [2.45, 2.75) is 43.6 Å². The summed E-state index contributed by atoms with van der Waals surface area (Å²) in [6.07, 6.45) is 11.5. The highest BCUT2D eigenvalue weighted by Gasteiger charge is 2.51. The first-order chi connectivity index (χ1) is 17.0. The van der Waals surface area contributed by atoms with E-state index in [4.69, 9.17) is 9.72 Å². The molecular weight excluding hydrogens is 442 g/mol. The minimum atomic E-state index is -0.739. The van der Waals surface area contributed by atoms with Crippen molar-refractivity contribution in [2.75, 3.05) is 0 Å². The van der Waals surface area contributed by atoms with Crippen LogP contribution in [0.3, 0.4) is 0 Å². The van der Waals surface area contributed by atoms with Gasteiger partial charge in [0.2, 0.25) is 5.88 Å². The lowest BCUT2D eigenvalue weighted by molar-refractivity contribution is -0.140. The molecule has 8 nitrogen and oxygen atoms in total. The summed E-state index contributed by atoms with van der Waals surface area (Å²) in [4.78, 5) is 25.2. The van der Waals surface area contributed by atoms with Gasteiger partial charge in [0, 0.05) is 37.0 Å². The highest BCUT2D eigenvalue weighted by molar-refractivity contribution is 5.85. The Morgan fingerprint density at radius 1 is 1.06 bits per heavy atom. The minimum absolute atomic E-state index is 0.276. The molecule has 1 N–H and O–H groups in total. The second-order valence-corrected chi connectivity index (χ2v) is 9.37. The van der Waals surface area contributed by atoms with Crippen LogP contribution in [0.5, 0.6) is 5.88 Å². The van der Waals surface area contributed by atoms with Crippen LogP contribution < -0.4 is 4.74 Å². The van der Waals surface area contributed by atoms with Gasteiger partial charge >= 0.3 is 5.97 Å². The summed E-state index contributed by atoms with van der Waals surface area (Å²) in [7, 11) is 1.91. The number of ether oxygens (including phenoxy) is 1. The van der Waals surface area contributed by atoms with E-state index in [9.17, 15) is 9.90 Å². The van der Waals surface area contributed by atoms with Crippen molar-refractivity contribution in [3.63, 3.8) is 0 Å². The normalized spacial score (nSPS) is 16.1. The quantitative estimate of drug-likeness (QED) is 0.414. The van der Waals surface area contributed by atoms with E-state index in [1.54, 1.807) is 12.4 Å². The third-order valence-corrected chi connectivity index (χ3v) is 6.85. The van der Waals surface area contributed by atoms with Crippen molar-refractivity contribution < 1.29 is 14.6 Å². The first-order valence-electron chi connectivity index (χ1n) is 11.8. The maximum absolute atomic E-state index is 11.6. The zero-order valence-corrected chi connectivity index (χ0v) is 19.4. The number of aliphatic carboxylic acids is 1. The molecule has 0 unspecified atom stereocenters. The molecule has 3 aromatic heterocycles. The van der Waals surface area contributed by atoms with Gasteiger partial charge < -0.3 is 9.84 Å². The number of carboxylic acids is 1. The van der Waals surface area contributed by atoms with Gasteiger partial charge in [-0.05, 0) is 42.9 Å². The molecule has 0 radical (unpaired) electrons. The Morgan fingerprint density at radius 3 is 2.49 bits per heavy atom. The molecule has 0 amide bonds. The molecule has 2 aliphatic rings. The van der Waals surface area contributed by atoms with Gasteiger partial charge in [-0.15, -0.1) is 0 Å². The fraction of sp³-hybridized carbons (Fsp3) is 0.296. The maximum atomic E-state index is 11.6. The molecule has 0 atom stereocenters. The number of aromatic nitrogens is 5. The molecule has 3 heterocycles. The van der Waals surface area contributed by atoms with Crippen molar-refractivity contribution >= 4 is 5.97 Å². The number of aryl methyl sites for hydroxylation is 1. The Bertz CT molecular complexity index is 1390. The molecule has 176 valence electrons. The molecule has 0 aliphatic heterocycles. The predicted molar refractivity (Wildman–Crippen MR) is 129 cm³/mol. The number of carbonyl (C=O) groups is 1. The Hall–Kier alpha value is -4.07. The van der Waals surface area contributed by atoms with E-state index < -0.39 is 11.4 Å². The third kappa shape index (κ3) is 4.16. The first kappa shape index (κ1) is 21.5. The van der Waals surface area contributed by atoms with Crippen LogP contribution in [0.2, 0.25) is 0 Å². The number of pyridine rings is 1. The molecule has 6 rings (SSSR count). The summed E-state index contributed by atoms with van der Waals surface area (Å²) in [5, 5.41) is 14.0. The number of carboxylic acid groups (broad SMARTS) is 1. The van der Waals surface area contributed by atoms with E-state index in [1.807, 2.05) is 60.5 Å². The smallest absolute Gasteiger partial charge is 0.314 e. The monoisotopic (exact) mass is 467 g/mol. The fourth-order valence-electron chi connectivity index (χ4n) is 4.40. The van der Waals surface area contributed by atoms with Crippen molar-refractivity contribution in [2.24, 2.45) is 7.05 Å². The van der Waals surface area contributed by atoms with Gasteiger partial charge in [-0.3, -0.25) is 19.4 Å². The average molecular weight is 468 g/mol. The second kappa shape index (κ2) is 8.30. The lowest BCUT2D eigenvalue weighted by Crippen LogP contribution is -2.19. The number of hydrogen-bond donors (Lipinski definition) is 1. The highest BCUT2D eigenvalue weighted by Crippen LogP contribution is 2.48. The van der Waals surface area contributed by atoms with Gasteiger partial charge in [-0.25, -0.2) is 4.98 Å². The summed E-state index contributed by atoms with van der Waals surface area (Å²) in [5.41, 5.74) is 5.75. The van der Waals surface area contributed by atoms with Gasteiger partial charge in [-0.2, -0.15) is 5.10 Å².